The molecule has 1 aliphatic heterocycles. The zero-order valence-corrected chi connectivity index (χ0v) is 13.4. The van der Waals surface area contributed by atoms with Gasteiger partial charge in [-0.1, -0.05) is 13.8 Å². The van der Waals surface area contributed by atoms with E-state index in [1.165, 1.54) is 0 Å². The molecule has 2 aliphatic rings. The SMILES string of the molecule is CC(C)CNC(=O)C1CC1C(=O)Nc1ccc2c(c1)OCCO2. The Morgan fingerprint density at radius 2 is 1.83 bits per heavy atom. The molecule has 124 valence electrons. The van der Waals surface area contributed by atoms with E-state index in [1.54, 1.807) is 18.2 Å². The molecule has 1 aliphatic carbocycles. The summed E-state index contributed by atoms with van der Waals surface area (Å²) in [6, 6.07) is 5.31. The molecule has 23 heavy (non-hydrogen) atoms. The van der Waals surface area contributed by atoms with Crippen molar-refractivity contribution in [1.82, 2.24) is 5.32 Å². The maximum absolute atomic E-state index is 12.2. The Morgan fingerprint density at radius 1 is 1.13 bits per heavy atom. The van der Waals surface area contributed by atoms with E-state index >= 15 is 0 Å². The van der Waals surface area contributed by atoms with Crippen LogP contribution in [-0.4, -0.2) is 31.6 Å². The van der Waals surface area contributed by atoms with Crippen LogP contribution in [0.1, 0.15) is 20.3 Å². The highest BCUT2D eigenvalue weighted by atomic mass is 16.6. The molecule has 0 radical (unpaired) electrons. The average Bonchev–Trinajstić information content (AvgIpc) is 3.33. The maximum Gasteiger partial charge on any atom is 0.228 e. The molecular weight excluding hydrogens is 296 g/mol. The van der Waals surface area contributed by atoms with Crippen LogP contribution in [0.5, 0.6) is 11.5 Å². The molecule has 0 spiro atoms. The van der Waals surface area contributed by atoms with Crippen LogP contribution >= 0.6 is 0 Å². The summed E-state index contributed by atoms with van der Waals surface area (Å²) in [5.74, 6) is 1.14. The predicted molar refractivity (Wildman–Crippen MR) is 85.5 cm³/mol. The molecule has 2 amide bonds. The molecule has 2 atom stereocenters. The van der Waals surface area contributed by atoms with Crippen LogP contribution in [0.15, 0.2) is 18.2 Å². The van der Waals surface area contributed by atoms with Gasteiger partial charge in [0, 0.05) is 18.3 Å². The van der Waals surface area contributed by atoms with Crippen molar-refractivity contribution in [2.45, 2.75) is 20.3 Å². The highest BCUT2D eigenvalue weighted by Crippen LogP contribution is 2.40. The van der Waals surface area contributed by atoms with E-state index in [4.69, 9.17) is 9.47 Å². The smallest absolute Gasteiger partial charge is 0.228 e. The van der Waals surface area contributed by atoms with E-state index in [0.29, 0.717) is 49.3 Å². The van der Waals surface area contributed by atoms with Gasteiger partial charge in [0.05, 0.1) is 11.8 Å². The van der Waals surface area contributed by atoms with Crippen molar-refractivity contribution in [2.24, 2.45) is 17.8 Å². The highest BCUT2D eigenvalue weighted by molar-refractivity contribution is 5.99. The largest absolute Gasteiger partial charge is 0.486 e. The molecule has 0 bridgehead atoms. The zero-order chi connectivity index (χ0) is 16.4. The van der Waals surface area contributed by atoms with Crippen molar-refractivity contribution in [1.29, 1.82) is 0 Å². The quantitative estimate of drug-likeness (QED) is 0.868. The fourth-order valence-corrected chi connectivity index (χ4v) is 2.57. The van der Waals surface area contributed by atoms with Crippen LogP contribution in [0, 0.1) is 17.8 Å². The summed E-state index contributed by atoms with van der Waals surface area (Å²) < 4.78 is 10.9. The van der Waals surface area contributed by atoms with Gasteiger partial charge in [-0.2, -0.15) is 0 Å². The number of carbonyl (C=O) groups excluding carboxylic acids is 2. The average molecular weight is 318 g/mol. The minimum atomic E-state index is -0.240. The van der Waals surface area contributed by atoms with Gasteiger partial charge in [-0.15, -0.1) is 0 Å². The number of hydrogen-bond acceptors (Lipinski definition) is 4. The monoisotopic (exact) mass is 318 g/mol. The van der Waals surface area contributed by atoms with Crippen LogP contribution in [0.25, 0.3) is 0 Å². The Bertz CT molecular complexity index is 615. The Morgan fingerprint density at radius 3 is 2.57 bits per heavy atom. The fourth-order valence-electron chi connectivity index (χ4n) is 2.57. The normalized spacial score (nSPS) is 21.7. The molecule has 1 aromatic rings. The zero-order valence-electron chi connectivity index (χ0n) is 13.4. The van der Waals surface area contributed by atoms with Crippen molar-refractivity contribution < 1.29 is 19.1 Å². The maximum atomic E-state index is 12.2. The third kappa shape index (κ3) is 3.75. The van der Waals surface area contributed by atoms with Gasteiger partial charge in [-0.3, -0.25) is 9.59 Å². The van der Waals surface area contributed by atoms with Gasteiger partial charge < -0.3 is 20.1 Å². The molecule has 0 saturated heterocycles. The number of carbonyl (C=O) groups is 2. The van der Waals surface area contributed by atoms with E-state index in [0.717, 1.165) is 0 Å². The lowest BCUT2D eigenvalue weighted by molar-refractivity contribution is -0.125. The van der Waals surface area contributed by atoms with Crippen molar-refractivity contribution in [2.75, 3.05) is 25.1 Å². The van der Waals surface area contributed by atoms with E-state index in [-0.39, 0.29) is 23.7 Å². The van der Waals surface area contributed by atoms with E-state index in [9.17, 15) is 9.59 Å². The molecule has 2 N–H and O–H groups in total. The number of hydrogen-bond donors (Lipinski definition) is 2. The second-order valence-corrected chi connectivity index (χ2v) is 6.44. The van der Waals surface area contributed by atoms with Crippen molar-refractivity contribution in [3.63, 3.8) is 0 Å². The Balaban J connectivity index is 1.53. The second-order valence-electron chi connectivity index (χ2n) is 6.44. The number of fused-ring (bicyclic) bond motifs is 1. The summed E-state index contributed by atoms with van der Waals surface area (Å²) in [6.07, 6.45) is 0.611. The van der Waals surface area contributed by atoms with Crippen molar-refractivity contribution in [3.05, 3.63) is 18.2 Å². The standard InChI is InChI=1S/C17H22N2O4/c1-10(2)9-18-16(20)12-8-13(12)17(21)19-11-3-4-14-15(7-11)23-6-5-22-14/h3-4,7,10,12-13H,5-6,8-9H2,1-2H3,(H,18,20)(H,19,21). The minimum Gasteiger partial charge on any atom is -0.486 e. The van der Waals surface area contributed by atoms with Crippen LogP contribution in [-0.2, 0) is 9.59 Å². The lowest BCUT2D eigenvalue weighted by atomic mass is 10.2. The van der Waals surface area contributed by atoms with Crippen LogP contribution in [0.4, 0.5) is 5.69 Å². The van der Waals surface area contributed by atoms with E-state index in [2.05, 4.69) is 10.6 Å². The van der Waals surface area contributed by atoms with Gasteiger partial charge in [-0.25, -0.2) is 0 Å². The van der Waals surface area contributed by atoms with Gasteiger partial charge in [-0.05, 0) is 24.5 Å². The molecule has 1 fully saturated rings. The van der Waals surface area contributed by atoms with Crippen molar-refractivity contribution in [3.8, 4) is 11.5 Å². The van der Waals surface area contributed by atoms with Crippen LogP contribution < -0.4 is 20.1 Å². The number of benzene rings is 1. The summed E-state index contributed by atoms with van der Waals surface area (Å²) in [4.78, 5) is 24.2. The summed E-state index contributed by atoms with van der Waals surface area (Å²) in [5, 5.41) is 5.73. The first-order chi connectivity index (χ1) is 11.0. The molecule has 1 heterocycles. The number of rotatable bonds is 5. The number of nitrogens with one attached hydrogen (secondary N) is 2. The molecule has 2 unspecified atom stereocenters. The van der Waals surface area contributed by atoms with Crippen LogP contribution in [0.3, 0.4) is 0 Å². The lowest BCUT2D eigenvalue weighted by Crippen LogP contribution is -2.30. The summed E-state index contributed by atoms with van der Waals surface area (Å²) >= 11 is 0. The van der Waals surface area contributed by atoms with E-state index < -0.39 is 0 Å². The van der Waals surface area contributed by atoms with Gasteiger partial charge in [0.2, 0.25) is 11.8 Å². The van der Waals surface area contributed by atoms with Crippen LogP contribution in [0.2, 0.25) is 0 Å². The first-order valence-electron chi connectivity index (χ1n) is 8.03. The highest BCUT2D eigenvalue weighted by Gasteiger charge is 2.47. The number of amides is 2. The molecule has 3 rings (SSSR count). The topological polar surface area (TPSA) is 76.7 Å². The molecule has 1 aromatic carbocycles. The predicted octanol–water partition coefficient (Wildman–Crippen LogP) is 1.80. The number of ether oxygens (including phenoxy) is 2. The molecule has 6 nitrogen and oxygen atoms in total. The Labute approximate surface area is 135 Å². The lowest BCUT2D eigenvalue weighted by Gasteiger charge is -2.19. The fraction of sp³-hybridized carbons (Fsp3) is 0.529. The second kappa shape index (κ2) is 6.48. The van der Waals surface area contributed by atoms with E-state index in [1.807, 2.05) is 13.8 Å². The van der Waals surface area contributed by atoms with Gasteiger partial charge >= 0.3 is 0 Å². The molecule has 6 heteroatoms. The Hall–Kier alpha value is -2.24. The van der Waals surface area contributed by atoms with Gasteiger partial charge in [0.1, 0.15) is 13.2 Å². The summed E-state index contributed by atoms with van der Waals surface area (Å²) in [6.45, 7) is 5.77. The van der Waals surface area contributed by atoms with Gasteiger partial charge in [0.15, 0.2) is 11.5 Å². The number of anilines is 1. The summed E-state index contributed by atoms with van der Waals surface area (Å²) in [7, 11) is 0. The molecule has 1 saturated carbocycles. The Kier molecular flexibility index (Phi) is 4.41. The summed E-state index contributed by atoms with van der Waals surface area (Å²) in [5.41, 5.74) is 0.660. The third-order valence-corrected chi connectivity index (χ3v) is 3.96. The first-order valence-corrected chi connectivity index (χ1v) is 8.03. The first kappa shape index (κ1) is 15.6. The molecule has 0 aromatic heterocycles. The minimum absolute atomic E-state index is 0.0268. The van der Waals surface area contributed by atoms with Gasteiger partial charge in [0.25, 0.3) is 0 Å². The molecular formula is C17H22N2O4. The van der Waals surface area contributed by atoms with Crippen molar-refractivity contribution >= 4 is 17.5 Å². The third-order valence-electron chi connectivity index (χ3n) is 3.96.